The van der Waals surface area contributed by atoms with Gasteiger partial charge >= 0.3 is 0 Å². The largest absolute Gasteiger partial charge is 0.325 e. The predicted molar refractivity (Wildman–Crippen MR) is 46.4 cm³/mol. The van der Waals surface area contributed by atoms with Gasteiger partial charge in [0.1, 0.15) is 5.82 Å². The van der Waals surface area contributed by atoms with Gasteiger partial charge in [-0.15, -0.1) is 0 Å². The molecule has 1 aromatic rings. The fourth-order valence-corrected chi connectivity index (χ4v) is 1.61. The Labute approximate surface area is 76.9 Å². The summed E-state index contributed by atoms with van der Waals surface area (Å²) in [6.45, 7) is 0. The van der Waals surface area contributed by atoms with Crippen LogP contribution in [0, 0.1) is 5.82 Å². The van der Waals surface area contributed by atoms with Crippen LogP contribution >= 0.6 is 15.9 Å². The zero-order valence-electron chi connectivity index (χ0n) is 6.03. The van der Waals surface area contributed by atoms with Crippen LogP contribution < -0.4 is 5.32 Å². The van der Waals surface area contributed by atoms with Crippen LogP contribution in [0.25, 0.3) is 0 Å². The maximum absolute atomic E-state index is 13.2. The Balaban J connectivity index is 2.61. The lowest BCUT2D eigenvalue weighted by Gasteiger charge is -2.00. The Kier molecular flexibility index (Phi) is 1.65. The first-order valence-corrected chi connectivity index (χ1v) is 4.24. The first-order valence-electron chi connectivity index (χ1n) is 3.45. The minimum Gasteiger partial charge on any atom is -0.325 e. The molecule has 0 saturated heterocycles. The number of rotatable bonds is 0. The van der Waals surface area contributed by atoms with Crippen molar-refractivity contribution < 1.29 is 9.18 Å². The highest BCUT2D eigenvalue weighted by Crippen LogP contribution is 2.29. The lowest BCUT2D eigenvalue weighted by Crippen LogP contribution is -2.03. The van der Waals surface area contributed by atoms with Crippen LogP contribution in [-0.4, -0.2) is 5.91 Å². The van der Waals surface area contributed by atoms with E-state index in [-0.39, 0.29) is 18.1 Å². The number of benzene rings is 1. The molecule has 0 radical (unpaired) electrons. The molecule has 2 rings (SSSR count). The molecule has 4 heteroatoms. The monoisotopic (exact) mass is 229 g/mol. The molecule has 1 N–H and O–H groups in total. The first kappa shape index (κ1) is 7.73. The molecule has 0 atom stereocenters. The van der Waals surface area contributed by atoms with E-state index >= 15 is 0 Å². The summed E-state index contributed by atoms with van der Waals surface area (Å²) in [6, 6.07) is 3.27. The molecule has 12 heavy (non-hydrogen) atoms. The molecule has 1 amide bonds. The van der Waals surface area contributed by atoms with E-state index in [0.717, 1.165) is 0 Å². The molecule has 62 valence electrons. The molecule has 1 aliphatic heterocycles. The molecular formula is C8H5BrFNO. The lowest BCUT2D eigenvalue weighted by molar-refractivity contribution is -0.115. The average molecular weight is 230 g/mol. The number of fused-ring (bicyclic) bond motifs is 1. The van der Waals surface area contributed by atoms with Gasteiger partial charge in [-0.25, -0.2) is 4.39 Å². The molecule has 1 aliphatic rings. The van der Waals surface area contributed by atoms with Gasteiger partial charge in [-0.3, -0.25) is 4.79 Å². The maximum atomic E-state index is 13.2. The van der Waals surface area contributed by atoms with E-state index in [1.165, 1.54) is 0 Å². The molecule has 0 aromatic heterocycles. The summed E-state index contributed by atoms with van der Waals surface area (Å²) >= 11 is 3.05. The van der Waals surface area contributed by atoms with Crippen molar-refractivity contribution in [1.29, 1.82) is 0 Å². The van der Waals surface area contributed by atoms with Crippen LogP contribution in [0.4, 0.5) is 10.1 Å². The Morgan fingerprint density at radius 2 is 2.25 bits per heavy atom. The van der Waals surface area contributed by atoms with Crippen molar-refractivity contribution in [1.82, 2.24) is 0 Å². The van der Waals surface area contributed by atoms with Crippen LogP contribution in [0.3, 0.4) is 0 Å². The number of anilines is 1. The highest BCUT2D eigenvalue weighted by atomic mass is 79.9. The van der Waals surface area contributed by atoms with Crippen LogP contribution in [0.5, 0.6) is 0 Å². The van der Waals surface area contributed by atoms with Gasteiger partial charge in [0.05, 0.1) is 10.9 Å². The third-order valence-electron chi connectivity index (χ3n) is 1.81. The second-order valence-electron chi connectivity index (χ2n) is 2.61. The minimum absolute atomic E-state index is 0.139. The Hall–Kier alpha value is -0.900. The van der Waals surface area contributed by atoms with Crippen molar-refractivity contribution >= 4 is 27.5 Å². The number of amides is 1. The molecular weight excluding hydrogens is 225 g/mol. The van der Waals surface area contributed by atoms with Crippen molar-refractivity contribution in [2.75, 3.05) is 5.32 Å². The summed E-state index contributed by atoms with van der Waals surface area (Å²) in [5.41, 5.74) is 1.04. The van der Waals surface area contributed by atoms with E-state index in [2.05, 4.69) is 21.2 Å². The Bertz CT molecular complexity index is 364. The summed E-state index contributed by atoms with van der Waals surface area (Å²) in [4.78, 5) is 10.9. The number of halogens is 2. The summed E-state index contributed by atoms with van der Waals surface area (Å²) in [5.74, 6) is -0.493. The second kappa shape index (κ2) is 2.55. The van der Waals surface area contributed by atoms with Gasteiger partial charge in [-0.1, -0.05) is 0 Å². The fourth-order valence-electron chi connectivity index (χ4n) is 1.24. The first-order chi connectivity index (χ1) is 5.68. The molecule has 2 nitrogen and oxygen atoms in total. The summed E-state index contributed by atoms with van der Waals surface area (Å²) in [6.07, 6.45) is 0.139. The van der Waals surface area contributed by atoms with E-state index in [0.29, 0.717) is 15.7 Å². The summed E-state index contributed by atoms with van der Waals surface area (Å²) < 4.78 is 13.6. The van der Waals surface area contributed by atoms with Gasteiger partial charge < -0.3 is 5.32 Å². The highest BCUT2D eigenvalue weighted by molar-refractivity contribution is 9.10. The van der Waals surface area contributed by atoms with Crippen LogP contribution in [-0.2, 0) is 11.2 Å². The third-order valence-corrected chi connectivity index (χ3v) is 2.42. The third kappa shape index (κ3) is 1.03. The van der Waals surface area contributed by atoms with E-state index < -0.39 is 0 Å². The zero-order valence-corrected chi connectivity index (χ0v) is 7.61. The van der Waals surface area contributed by atoms with Crippen LogP contribution in [0.2, 0.25) is 0 Å². The topological polar surface area (TPSA) is 29.1 Å². The van der Waals surface area contributed by atoms with Crippen molar-refractivity contribution in [3.63, 3.8) is 0 Å². The number of hydrogen-bond acceptors (Lipinski definition) is 1. The van der Waals surface area contributed by atoms with Crippen molar-refractivity contribution in [2.24, 2.45) is 0 Å². The molecule has 1 aromatic carbocycles. The Morgan fingerprint density at radius 1 is 1.50 bits per heavy atom. The molecule has 1 heterocycles. The number of carbonyl (C=O) groups is 1. The Morgan fingerprint density at radius 3 is 3.00 bits per heavy atom. The predicted octanol–water partition coefficient (Wildman–Crippen LogP) is 2.08. The van der Waals surface area contributed by atoms with E-state index in [4.69, 9.17) is 0 Å². The minimum atomic E-state index is -0.342. The standard InChI is InChI=1S/C8H5BrFNO/c9-5-1-2-6-4(8(5)10)3-7(12)11-6/h1-2H,3H2,(H,11,12). The van der Waals surface area contributed by atoms with Gasteiger partial charge in [-0.2, -0.15) is 0 Å². The number of nitrogens with one attached hydrogen (secondary N) is 1. The smallest absolute Gasteiger partial charge is 0.228 e. The molecule has 0 bridgehead atoms. The average Bonchev–Trinajstić information content (AvgIpc) is 2.39. The molecule has 0 spiro atoms. The van der Waals surface area contributed by atoms with Gasteiger partial charge in [-0.05, 0) is 28.1 Å². The quantitative estimate of drug-likeness (QED) is 0.726. The van der Waals surface area contributed by atoms with Crippen molar-refractivity contribution in [2.45, 2.75) is 6.42 Å². The van der Waals surface area contributed by atoms with Gasteiger partial charge in [0.15, 0.2) is 0 Å². The van der Waals surface area contributed by atoms with E-state index in [1.54, 1.807) is 12.1 Å². The summed E-state index contributed by atoms with van der Waals surface area (Å²) in [7, 11) is 0. The molecule has 0 fully saturated rings. The van der Waals surface area contributed by atoms with Gasteiger partial charge in [0.2, 0.25) is 5.91 Å². The van der Waals surface area contributed by atoms with Crippen molar-refractivity contribution in [3.8, 4) is 0 Å². The van der Waals surface area contributed by atoms with Gasteiger partial charge in [0.25, 0.3) is 0 Å². The van der Waals surface area contributed by atoms with Crippen molar-refractivity contribution in [3.05, 3.63) is 28.0 Å². The van der Waals surface area contributed by atoms with E-state index in [9.17, 15) is 9.18 Å². The highest BCUT2D eigenvalue weighted by Gasteiger charge is 2.22. The maximum Gasteiger partial charge on any atom is 0.228 e. The lowest BCUT2D eigenvalue weighted by atomic mass is 10.1. The second-order valence-corrected chi connectivity index (χ2v) is 3.47. The number of hydrogen-bond donors (Lipinski definition) is 1. The zero-order chi connectivity index (χ0) is 8.72. The number of carbonyl (C=O) groups excluding carboxylic acids is 1. The van der Waals surface area contributed by atoms with Crippen LogP contribution in [0.15, 0.2) is 16.6 Å². The fraction of sp³-hybridized carbons (Fsp3) is 0.125. The van der Waals surface area contributed by atoms with E-state index in [1.807, 2.05) is 0 Å². The molecule has 0 unspecified atom stereocenters. The summed E-state index contributed by atoms with van der Waals surface area (Å²) in [5, 5.41) is 2.57. The normalized spacial score (nSPS) is 14.3. The SMILES string of the molecule is O=C1Cc2c(ccc(Br)c2F)N1. The molecule has 0 saturated carbocycles. The van der Waals surface area contributed by atoms with Gasteiger partial charge in [0, 0.05) is 11.3 Å². The van der Waals surface area contributed by atoms with Crippen LogP contribution in [0.1, 0.15) is 5.56 Å². The molecule has 0 aliphatic carbocycles.